The van der Waals surface area contributed by atoms with E-state index in [9.17, 15) is 14.0 Å². The maximum absolute atomic E-state index is 12.1. The van der Waals surface area contributed by atoms with Gasteiger partial charge in [0.2, 0.25) is 0 Å². The van der Waals surface area contributed by atoms with Crippen LogP contribution in [0.5, 0.6) is 5.75 Å². The molecular weight excluding hydrogens is 300 g/mol. The number of nitrogens with one attached hydrogen (secondary N) is 1. The average Bonchev–Trinajstić information content (AvgIpc) is 2.97. The smallest absolute Gasteiger partial charge is 0.387 e. The van der Waals surface area contributed by atoms with Crippen LogP contribution in [0.1, 0.15) is 11.4 Å². The van der Waals surface area contributed by atoms with E-state index in [2.05, 4.69) is 20.8 Å². The summed E-state index contributed by atoms with van der Waals surface area (Å²) in [4.78, 5) is 7.45. The van der Waals surface area contributed by atoms with E-state index in [4.69, 9.17) is 0 Å². The van der Waals surface area contributed by atoms with E-state index >= 15 is 0 Å². The number of halogens is 2. The molecule has 0 amide bonds. The fourth-order valence-corrected chi connectivity index (χ4v) is 2.15. The third-order valence-corrected chi connectivity index (χ3v) is 3.18. The van der Waals surface area contributed by atoms with Crippen molar-refractivity contribution in [1.82, 2.24) is 9.97 Å². The molecule has 0 aliphatic heterocycles. The standard InChI is InChI=1S/C17H11F2N3O/c18-17(19)23-13-7-5-11(6-8-13)9-12(10-20)16-21-14-3-1-2-4-15(14)22-16/h1-9,17H,(H,21,22)/b12-9+. The molecule has 2 aromatic carbocycles. The highest BCUT2D eigenvalue weighted by molar-refractivity contribution is 5.90. The van der Waals surface area contributed by atoms with Gasteiger partial charge in [-0.2, -0.15) is 14.0 Å². The van der Waals surface area contributed by atoms with Crippen LogP contribution in [0.3, 0.4) is 0 Å². The molecular formula is C17H11F2N3O. The number of aromatic nitrogens is 2. The number of hydrogen-bond acceptors (Lipinski definition) is 3. The minimum atomic E-state index is -2.86. The summed E-state index contributed by atoms with van der Waals surface area (Å²) < 4.78 is 28.5. The minimum absolute atomic E-state index is 0.0689. The van der Waals surface area contributed by atoms with E-state index in [-0.39, 0.29) is 5.75 Å². The number of para-hydroxylation sites is 2. The van der Waals surface area contributed by atoms with Gasteiger partial charge < -0.3 is 9.72 Å². The van der Waals surface area contributed by atoms with Gasteiger partial charge in [0.05, 0.1) is 16.6 Å². The van der Waals surface area contributed by atoms with Crippen LogP contribution in [0.25, 0.3) is 22.7 Å². The number of hydrogen-bond donors (Lipinski definition) is 1. The Hall–Kier alpha value is -3.20. The van der Waals surface area contributed by atoms with E-state index < -0.39 is 6.61 Å². The first-order valence-corrected chi connectivity index (χ1v) is 6.77. The predicted octanol–water partition coefficient (Wildman–Crippen LogP) is 4.23. The molecule has 1 aromatic heterocycles. The van der Waals surface area contributed by atoms with E-state index in [1.807, 2.05) is 24.3 Å². The quantitative estimate of drug-likeness (QED) is 0.733. The molecule has 23 heavy (non-hydrogen) atoms. The molecule has 0 fully saturated rings. The average molecular weight is 311 g/mol. The summed E-state index contributed by atoms with van der Waals surface area (Å²) in [6, 6.07) is 15.6. The molecule has 0 saturated carbocycles. The number of ether oxygens (including phenoxy) is 1. The number of nitrogens with zero attached hydrogens (tertiary/aromatic N) is 2. The lowest BCUT2D eigenvalue weighted by Gasteiger charge is -2.04. The molecule has 114 valence electrons. The molecule has 6 heteroatoms. The summed E-state index contributed by atoms with van der Waals surface area (Å²) in [5, 5.41) is 9.34. The van der Waals surface area contributed by atoms with Crippen LogP contribution in [0.2, 0.25) is 0 Å². The molecule has 3 rings (SSSR count). The van der Waals surface area contributed by atoms with Crippen LogP contribution in [0.4, 0.5) is 8.78 Å². The number of fused-ring (bicyclic) bond motifs is 1. The van der Waals surface area contributed by atoms with Crippen molar-refractivity contribution in [3.63, 3.8) is 0 Å². The molecule has 0 saturated heterocycles. The van der Waals surface area contributed by atoms with Gasteiger partial charge in [-0.1, -0.05) is 24.3 Å². The Labute approximate surface area is 130 Å². The van der Waals surface area contributed by atoms with Gasteiger partial charge in [0.25, 0.3) is 0 Å². The molecule has 0 aliphatic rings. The van der Waals surface area contributed by atoms with Crippen molar-refractivity contribution < 1.29 is 13.5 Å². The summed E-state index contributed by atoms with van der Waals surface area (Å²) in [5.41, 5.74) is 2.64. The maximum atomic E-state index is 12.1. The Balaban J connectivity index is 1.90. The summed E-state index contributed by atoms with van der Waals surface area (Å²) in [6.07, 6.45) is 1.63. The largest absolute Gasteiger partial charge is 0.435 e. The van der Waals surface area contributed by atoms with Crippen molar-refractivity contribution in [2.24, 2.45) is 0 Å². The van der Waals surface area contributed by atoms with E-state index in [1.54, 1.807) is 18.2 Å². The van der Waals surface area contributed by atoms with Gasteiger partial charge in [-0.25, -0.2) is 4.98 Å². The molecule has 0 aliphatic carbocycles. The second-order valence-electron chi connectivity index (χ2n) is 4.72. The maximum Gasteiger partial charge on any atom is 0.387 e. The Morgan fingerprint density at radius 2 is 1.91 bits per heavy atom. The van der Waals surface area contributed by atoms with Crippen molar-refractivity contribution in [3.05, 3.63) is 59.9 Å². The van der Waals surface area contributed by atoms with Crippen LogP contribution in [-0.4, -0.2) is 16.6 Å². The van der Waals surface area contributed by atoms with Gasteiger partial charge in [0.1, 0.15) is 17.6 Å². The lowest BCUT2D eigenvalue weighted by atomic mass is 10.1. The zero-order chi connectivity index (χ0) is 16.2. The van der Waals surface area contributed by atoms with Gasteiger partial charge in [0.15, 0.2) is 0 Å². The Morgan fingerprint density at radius 3 is 2.57 bits per heavy atom. The minimum Gasteiger partial charge on any atom is -0.435 e. The van der Waals surface area contributed by atoms with Crippen LogP contribution in [0.15, 0.2) is 48.5 Å². The Morgan fingerprint density at radius 1 is 1.17 bits per heavy atom. The first kappa shape index (κ1) is 14.7. The monoisotopic (exact) mass is 311 g/mol. The Bertz CT molecular complexity index is 859. The molecule has 3 aromatic rings. The van der Waals surface area contributed by atoms with E-state index in [0.717, 1.165) is 11.0 Å². The highest BCUT2D eigenvalue weighted by atomic mass is 19.3. The second-order valence-corrected chi connectivity index (χ2v) is 4.72. The third-order valence-electron chi connectivity index (χ3n) is 3.18. The molecule has 0 unspecified atom stereocenters. The second kappa shape index (κ2) is 6.28. The fraction of sp³-hybridized carbons (Fsp3) is 0.0588. The number of rotatable bonds is 4. The van der Waals surface area contributed by atoms with Gasteiger partial charge in [-0.15, -0.1) is 0 Å². The number of nitriles is 1. The zero-order valence-electron chi connectivity index (χ0n) is 11.8. The van der Waals surface area contributed by atoms with Crippen LogP contribution >= 0.6 is 0 Å². The lowest BCUT2D eigenvalue weighted by Crippen LogP contribution is -2.01. The molecule has 0 bridgehead atoms. The highest BCUT2D eigenvalue weighted by Gasteiger charge is 2.08. The van der Waals surface area contributed by atoms with Crippen molar-refractivity contribution in [2.45, 2.75) is 6.61 Å². The van der Waals surface area contributed by atoms with Crippen molar-refractivity contribution in [3.8, 4) is 11.8 Å². The Kier molecular flexibility index (Phi) is 4.02. The fourth-order valence-electron chi connectivity index (χ4n) is 2.15. The summed E-state index contributed by atoms with van der Waals surface area (Å²) in [5.74, 6) is 0.529. The first-order chi connectivity index (χ1) is 11.2. The highest BCUT2D eigenvalue weighted by Crippen LogP contribution is 2.21. The van der Waals surface area contributed by atoms with Gasteiger partial charge in [-0.05, 0) is 35.9 Å². The molecule has 4 nitrogen and oxygen atoms in total. The topological polar surface area (TPSA) is 61.7 Å². The number of imidazole rings is 1. The molecule has 0 radical (unpaired) electrons. The van der Waals surface area contributed by atoms with Crippen LogP contribution in [-0.2, 0) is 0 Å². The van der Waals surface area contributed by atoms with Crippen molar-refractivity contribution in [2.75, 3.05) is 0 Å². The molecule has 0 spiro atoms. The summed E-state index contributed by atoms with van der Waals surface area (Å²) >= 11 is 0. The molecule has 1 heterocycles. The number of aromatic amines is 1. The van der Waals surface area contributed by atoms with Gasteiger partial charge in [0, 0.05) is 0 Å². The number of allylic oxidation sites excluding steroid dienone is 1. The lowest BCUT2D eigenvalue weighted by molar-refractivity contribution is -0.0498. The van der Waals surface area contributed by atoms with Gasteiger partial charge >= 0.3 is 6.61 Å². The summed E-state index contributed by atoms with van der Waals surface area (Å²) in [7, 11) is 0. The number of alkyl halides is 2. The van der Waals surface area contributed by atoms with Crippen molar-refractivity contribution in [1.29, 1.82) is 5.26 Å². The van der Waals surface area contributed by atoms with Crippen molar-refractivity contribution >= 4 is 22.7 Å². The molecule has 1 N–H and O–H groups in total. The van der Waals surface area contributed by atoms with E-state index in [1.165, 1.54) is 12.1 Å². The predicted molar refractivity (Wildman–Crippen MR) is 82.7 cm³/mol. The summed E-state index contributed by atoms with van der Waals surface area (Å²) in [6.45, 7) is -2.86. The van der Waals surface area contributed by atoms with Crippen LogP contribution < -0.4 is 4.74 Å². The normalized spacial score (nSPS) is 11.7. The van der Waals surface area contributed by atoms with Gasteiger partial charge in [-0.3, -0.25) is 0 Å². The van der Waals surface area contributed by atoms with Crippen LogP contribution in [0, 0.1) is 11.3 Å². The molecule has 0 atom stereocenters. The third kappa shape index (κ3) is 3.35. The first-order valence-electron chi connectivity index (χ1n) is 6.77. The number of H-pyrrole nitrogens is 1. The number of benzene rings is 2. The zero-order valence-corrected chi connectivity index (χ0v) is 11.8. The van der Waals surface area contributed by atoms with E-state index in [0.29, 0.717) is 17.0 Å². The SMILES string of the molecule is N#C/C(=C\c1ccc(OC(F)F)cc1)c1nc2ccccc2[nH]1.